The summed E-state index contributed by atoms with van der Waals surface area (Å²) in [4.78, 5) is 34.7. The summed E-state index contributed by atoms with van der Waals surface area (Å²) in [6.45, 7) is 3.04. The maximum atomic E-state index is 13.1. The Labute approximate surface area is 165 Å². The van der Waals surface area contributed by atoms with Crippen LogP contribution in [0.5, 0.6) is 0 Å². The number of amides is 1. The molecule has 0 aromatic carbocycles. The summed E-state index contributed by atoms with van der Waals surface area (Å²) in [6, 6.07) is 3.51. The third-order valence-corrected chi connectivity index (χ3v) is 5.58. The van der Waals surface area contributed by atoms with E-state index in [9.17, 15) is 9.59 Å². The summed E-state index contributed by atoms with van der Waals surface area (Å²) in [5, 5.41) is 3.16. The van der Waals surface area contributed by atoms with Gasteiger partial charge < -0.3 is 9.15 Å². The van der Waals surface area contributed by atoms with Crippen LogP contribution in [-0.4, -0.2) is 34.9 Å². The van der Waals surface area contributed by atoms with Gasteiger partial charge in [0.2, 0.25) is 0 Å². The van der Waals surface area contributed by atoms with Crippen LogP contribution in [-0.2, 0) is 4.74 Å². The molecule has 28 heavy (non-hydrogen) atoms. The van der Waals surface area contributed by atoms with E-state index in [0.29, 0.717) is 52.9 Å². The molecule has 0 atom stereocenters. The van der Waals surface area contributed by atoms with Gasteiger partial charge in [0.25, 0.3) is 5.91 Å². The number of hydrogen-bond donors (Lipinski definition) is 1. The second-order valence-electron chi connectivity index (χ2n) is 6.66. The van der Waals surface area contributed by atoms with Crippen LogP contribution in [0.2, 0.25) is 0 Å². The molecule has 0 unspecified atom stereocenters. The molecule has 1 saturated heterocycles. The summed E-state index contributed by atoms with van der Waals surface area (Å²) in [6.07, 6.45) is 7.65. The Morgan fingerprint density at radius 3 is 2.79 bits per heavy atom. The number of nitrogens with one attached hydrogen (secondary N) is 1. The minimum absolute atomic E-state index is 0.0368. The number of rotatable bonds is 5. The van der Waals surface area contributed by atoms with E-state index in [4.69, 9.17) is 9.15 Å². The van der Waals surface area contributed by atoms with Crippen molar-refractivity contribution < 1.29 is 18.7 Å². The summed E-state index contributed by atoms with van der Waals surface area (Å²) in [5.74, 6) is -0.368. The van der Waals surface area contributed by atoms with Gasteiger partial charge in [-0.1, -0.05) is 11.3 Å². The average molecular weight is 397 g/mol. The van der Waals surface area contributed by atoms with E-state index < -0.39 is 0 Å². The molecule has 4 rings (SSSR count). The molecule has 8 heteroatoms. The first kappa shape index (κ1) is 18.5. The second-order valence-corrected chi connectivity index (χ2v) is 7.66. The summed E-state index contributed by atoms with van der Waals surface area (Å²) >= 11 is 1.19. The predicted octanol–water partition coefficient (Wildman–Crippen LogP) is 3.97. The highest BCUT2D eigenvalue weighted by Crippen LogP contribution is 2.35. The van der Waals surface area contributed by atoms with Crippen LogP contribution in [0.1, 0.15) is 38.4 Å². The summed E-state index contributed by atoms with van der Waals surface area (Å²) in [5.41, 5.74) is 2.58. The van der Waals surface area contributed by atoms with Gasteiger partial charge in [-0.3, -0.25) is 19.9 Å². The monoisotopic (exact) mass is 397 g/mol. The van der Waals surface area contributed by atoms with Gasteiger partial charge in [-0.25, -0.2) is 4.98 Å². The molecule has 7 nitrogen and oxygen atoms in total. The lowest BCUT2D eigenvalue weighted by Gasteiger charge is -2.20. The quantitative estimate of drug-likeness (QED) is 0.655. The molecule has 1 aliphatic heterocycles. The van der Waals surface area contributed by atoms with Crippen molar-refractivity contribution in [3.8, 4) is 11.3 Å². The van der Waals surface area contributed by atoms with E-state index >= 15 is 0 Å². The first-order chi connectivity index (χ1) is 13.6. The lowest BCUT2D eigenvalue weighted by Crippen LogP contribution is -2.23. The molecule has 4 heterocycles. The van der Waals surface area contributed by atoms with Crippen LogP contribution in [0.25, 0.3) is 11.3 Å². The van der Waals surface area contributed by atoms with E-state index in [1.165, 1.54) is 23.8 Å². The highest BCUT2D eigenvalue weighted by molar-refractivity contribution is 7.18. The number of anilines is 1. The van der Waals surface area contributed by atoms with Gasteiger partial charge in [0.1, 0.15) is 4.88 Å². The van der Waals surface area contributed by atoms with Crippen molar-refractivity contribution in [2.75, 3.05) is 18.5 Å². The molecule has 3 aromatic heterocycles. The fraction of sp³-hybridized carbons (Fsp3) is 0.300. The van der Waals surface area contributed by atoms with Gasteiger partial charge in [-0.15, -0.1) is 0 Å². The molecular weight excluding hydrogens is 378 g/mol. The van der Waals surface area contributed by atoms with Crippen LogP contribution >= 0.6 is 11.3 Å². The van der Waals surface area contributed by atoms with Crippen molar-refractivity contribution >= 4 is 28.2 Å². The SMILES string of the molecule is Cc1cncc(C(=O)Nc2nc(-c3ccoc3)c(C(=O)C3CCOCC3)s2)c1. The number of pyridine rings is 1. The van der Waals surface area contributed by atoms with Crippen LogP contribution in [0.4, 0.5) is 5.13 Å². The smallest absolute Gasteiger partial charge is 0.259 e. The largest absolute Gasteiger partial charge is 0.472 e. The maximum absolute atomic E-state index is 13.1. The molecule has 1 aliphatic rings. The van der Waals surface area contributed by atoms with Crippen LogP contribution in [0.15, 0.2) is 41.5 Å². The van der Waals surface area contributed by atoms with E-state index in [2.05, 4.69) is 15.3 Å². The Morgan fingerprint density at radius 2 is 2.07 bits per heavy atom. The van der Waals surface area contributed by atoms with Gasteiger partial charge in [0, 0.05) is 37.1 Å². The minimum atomic E-state index is -0.311. The number of thiazole rings is 1. The molecule has 0 bridgehead atoms. The Balaban J connectivity index is 1.63. The summed E-state index contributed by atoms with van der Waals surface area (Å²) < 4.78 is 10.5. The van der Waals surface area contributed by atoms with Crippen molar-refractivity contribution in [3.63, 3.8) is 0 Å². The molecular formula is C20H19N3O4S. The Kier molecular flexibility index (Phi) is 5.31. The van der Waals surface area contributed by atoms with E-state index in [-0.39, 0.29) is 17.6 Å². The predicted molar refractivity (Wildman–Crippen MR) is 105 cm³/mol. The summed E-state index contributed by atoms with van der Waals surface area (Å²) in [7, 11) is 0. The number of furan rings is 1. The van der Waals surface area contributed by atoms with Crippen molar-refractivity contribution in [1.82, 2.24) is 9.97 Å². The zero-order valence-electron chi connectivity index (χ0n) is 15.3. The van der Waals surface area contributed by atoms with Gasteiger partial charge in [-0.2, -0.15) is 0 Å². The topological polar surface area (TPSA) is 94.3 Å². The number of ether oxygens (including phenoxy) is 1. The molecule has 0 aliphatic carbocycles. The first-order valence-corrected chi connectivity index (χ1v) is 9.82. The lowest BCUT2D eigenvalue weighted by molar-refractivity contribution is 0.0548. The first-order valence-electron chi connectivity index (χ1n) is 9.00. The van der Waals surface area contributed by atoms with E-state index in [1.807, 2.05) is 6.92 Å². The Hall–Kier alpha value is -2.84. The third-order valence-electron chi connectivity index (χ3n) is 4.60. The van der Waals surface area contributed by atoms with Gasteiger partial charge >= 0.3 is 0 Å². The highest BCUT2D eigenvalue weighted by Gasteiger charge is 2.28. The molecule has 0 radical (unpaired) electrons. The minimum Gasteiger partial charge on any atom is -0.472 e. The number of hydrogen-bond acceptors (Lipinski definition) is 7. The van der Waals surface area contributed by atoms with E-state index in [1.54, 1.807) is 24.6 Å². The van der Waals surface area contributed by atoms with Gasteiger partial charge in [-0.05, 0) is 37.5 Å². The molecule has 0 spiro atoms. The zero-order valence-corrected chi connectivity index (χ0v) is 16.1. The lowest BCUT2D eigenvalue weighted by atomic mass is 9.93. The zero-order chi connectivity index (χ0) is 19.5. The van der Waals surface area contributed by atoms with Crippen LogP contribution in [0.3, 0.4) is 0 Å². The Bertz CT molecular complexity index is 991. The maximum Gasteiger partial charge on any atom is 0.259 e. The van der Waals surface area contributed by atoms with Gasteiger partial charge in [0.15, 0.2) is 10.9 Å². The molecule has 1 fully saturated rings. The highest BCUT2D eigenvalue weighted by atomic mass is 32.1. The number of nitrogens with zero attached hydrogens (tertiary/aromatic N) is 2. The molecule has 3 aromatic rings. The molecule has 1 amide bonds. The number of carbonyl (C=O) groups excluding carboxylic acids is 2. The fourth-order valence-corrected chi connectivity index (χ4v) is 4.13. The standard InChI is InChI=1S/C20H19N3O4S/c1-12-8-15(10-21-9-12)19(25)23-20-22-16(14-4-7-27-11-14)18(28-20)17(24)13-2-5-26-6-3-13/h4,7-11,13H,2-3,5-6H2,1H3,(H,22,23,25). The fourth-order valence-electron chi connectivity index (χ4n) is 3.13. The molecule has 144 valence electrons. The average Bonchev–Trinajstić information content (AvgIpc) is 3.38. The number of carbonyl (C=O) groups is 2. The number of aromatic nitrogens is 2. The second kappa shape index (κ2) is 8.04. The number of aryl methyl sites for hydroxylation is 1. The van der Waals surface area contributed by atoms with E-state index in [0.717, 1.165) is 5.56 Å². The van der Waals surface area contributed by atoms with Crippen molar-refractivity contribution in [3.05, 3.63) is 53.1 Å². The molecule has 1 N–H and O–H groups in total. The normalized spacial score (nSPS) is 14.8. The third kappa shape index (κ3) is 3.88. The van der Waals surface area contributed by atoms with Gasteiger partial charge in [0.05, 0.1) is 23.8 Å². The van der Waals surface area contributed by atoms with Crippen molar-refractivity contribution in [2.24, 2.45) is 5.92 Å². The number of Topliss-reactive ketones (excluding diaryl/α,β-unsaturated/α-hetero) is 1. The number of ketones is 1. The Morgan fingerprint density at radius 1 is 1.25 bits per heavy atom. The van der Waals surface area contributed by atoms with Crippen molar-refractivity contribution in [2.45, 2.75) is 19.8 Å². The van der Waals surface area contributed by atoms with Crippen LogP contribution in [0, 0.1) is 12.8 Å². The molecule has 0 saturated carbocycles. The van der Waals surface area contributed by atoms with Crippen LogP contribution < -0.4 is 5.32 Å². The van der Waals surface area contributed by atoms with Crippen molar-refractivity contribution in [1.29, 1.82) is 0 Å².